The third-order valence-electron chi connectivity index (χ3n) is 2.00. The molecule has 1 aliphatic heterocycles. The zero-order valence-corrected chi connectivity index (χ0v) is 4.59. The molecular formula is C6H8O2. The maximum Gasteiger partial charge on any atom is 0.161 e. The van der Waals surface area contributed by atoms with Crippen molar-refractivity contribution in [2.24, 2.45) is 5.92 Å². The molecule has 2 nitrogen and oxygen atoms in total. The van der Waals surface area contributed by atoms with Gasteiger partial charge in [0.1, 0.15) is 6.10 Å². The number of hydrogen-bond donors (Lipinski definition) is 0. The van der Waals surface area contributed by atoms with E-state index in [0.29, 0.717) is 11.7 Å². The van der Waals surface area contributed by atoms with Gasteiger partial charge in [0.15, 0.2) is 5.78 Å². The van der Waals surface area contributed by atoms with Gasteiger partial charge in [0.2, 0.25) is 0 Å². The molecule has 1 heterocycles. The predicted octanol–water partition coefficient (Wildman–Crippen LogP) is 0.364. The maximum atomic E-state index is 10.7. The minimum atomic E-state index is 0.0231. The van der Waals surface area contributed by atoms with E-state index in [0.717, 1.165) is 19.4 Å². The molecule has 2 fully saturated rings. The maximum absolute atomic E-state index is 10.7. The largest absolute Gasteiger partial charge is 0.370 e. The summed E-state index contributed by atoms with van der Waals surface area (Å²) in [5, 5.41) is 0. The van der Waals surface area contributed by atoms with Gasteiger partial charge < -0.3 is 4.74 Å². The highest BCUT2D eigenvalue weighted by atomic mass is 16.5. The summed E-state index contributed by atoms with van der Waals surface area (Å²) in [7, 11) is 0. The smallest absolute Gasteiger partial charge is 0.161 e. The Morgan fingerprint density at radius 2 is 2.50 bits per heavy atom. The molecule has 0 radical (unpaired) electrons. The Morgan fingerprint density at radius 3 is 2.75 bits per heavy atom. The van der Waals surface area contributed by atoms with E-state index in [-0.39, 0.29) is 6.10 Å². The van der Waals surface area contributed by atoms with Crippen molar-refractivity contribution in [1.82, 2.24) is 0 Å². The van der Waals surface area contributed by atoms with Gasteiger partial charge in [-0.25, -0.2) is 0 Å². The molecular weight excluding hydrogens is 104 g/mol. The number of ether oxygens (including phenoxy) is 1. The van der Waals surface area contributed by atoms with Gasteiger partial charge >= 0.3 is 0 Å². The normalized spacial score (nSPS) is 43.8. The number of rotatable bonds is 0. The van der Waals surface area contributed by atoms with Gasteiger partial charge in [-0.3, -0.25) is 4.79 Å². The van der Waals surface area contributed by atoms with Crippen molar-refractivity contribution >= 4 is 5.78 Å². The van der Waals surface area contributed by atoms with Crippen LogP contribution in [0.1, 0.15) is 12.8 Å². The van der Waals surface area contributed by atoms with Crippen LogP contribution < -0.4 is 0 Å². The number of hydrogen-bond acceptors (Lipinski definition) is 2. The third kappa shape index (κ3) is 0.388. The molecule has 2 atom stereocenters. The van der Waals surface area contributed by atoms with Gasteiger partial charge in [0, 0.05) is 12.3 Å². The second-order valence-electron chi connectivity index (χ2n) is 2.52. The number of fused-ring (bicyclic) bond motifs is 1. The average Bonchev–Trinajstić information content (AvgIpc) is 1.80. The lowest BCUT2D eigenvalue weighted by Gasteiger charge is -2.28. The van der Waals surface area contributed by atoms with Crippen molar-refractivity contribution in [3.05, 3.63) is 0 Å². The summed E-state index contributed by atoms with van der Waals surface area (Å²) in [6.07, 6.45) is 1.86. The Bertz CT molecular complexity index is 130. The van der Waals surface area contributed by atoms with Crippen LogP contribution in [0.5, 0.6) is 0 Å². The Labute approximate surface area is 47.8 Å². The van der Waals surface area contributed by atoms with Gasteiger partial charge in [0.25, 0.3) is 0 Å². The van der Waals surface area contributed by atoms with E-state index >= 15 is 0 Å². The molecule has 0 bridgehead atoms. The lowest BCUT2D eigenvalue weighted by Crippen LogP contribution is -2.39. The van der Waals surface area contributed by atoms with Gasteiger partial charge in [-0.2, -0.15) is 0 Å². The first kappa shape index (κ1) is 4.50. The summed E-state index contributed by atoms with van der Waals surface area (Å²) in [6, 6.07) is 0. The van der Waals surface area contributed by atoms with Gasteiger partial charge in [0.05, 0.1) is 6.61 Å². The van der Waals surface area contributed by atoms with Gasteiger partial charge in [-0.15, -0.1) is 0 Å². The second kappa shape index (κ2) is 1.32. The van der Waals surface area contributed by atoms with E-state index in [9.17, 15) is 4.79 Å². The predicted molar refractivity (Wildman–Crippen MR) is 27.5 cm³/mol. The fourth-order valence-electron chi connectivity index (χ4n) is 1.39. The van der Waals surface area contributed by atoms with E-state index < -0.39 is 0 Å². The molecule has 2 aliphatic rings. The summed E-state index contributed by atoms with van der Waals surface area (Å²) >= 11 is 0. The van der Waals surface area contributed by atoms with Crippen LogP contribution in [0.25, 0.3) is 0 Å². The summed E-state index contributed by atoms with van der Waals surface area (Å²) in [4.78, 5) is 10.7. The molecule has 1 unspecified atom stereocenters. The summed E-state index contributed by atoms with van der Waals surface area (Å²) in [5.74, 6) is 0.920. The van der Waals surface area contributed by atoms with Crippen molar-refractivity contribution in [3.63, 3.8) is 0 Å². The summed E-state index contributed by atoms with van der Waals surface area (Å²) in [6.45, 7) is 0.830. The Morgan fingerprint density at radius 1 is 1.62 bits per heavy atom. The Balaban J connectivity index is 2.15. The van der Waals surface area contributed by atoms with Crippen molar-refractivity contribution in [1.29, 1.82) is 0 Å². The fourth-order valence-corrected chi connectivity index (χ4v) is 1.39. The number of ketones is 1. The lowest BCUT2D eigenvalue weighted by molar-refractivity contribution is -0.146. The van der Waals surface area contributed by atoms with Crippen LogP contribution in [0.3, 0.4) is 0 Å². The molecule has 1 saturated heterocycles. The van der Waals surface area contributed by atoms with Crippen molar-refractivity contribution in [3.8, 4) is 0 Å². The van der Waals surface area contributed by atoms with Crippen molar-refractivity contribution in [2.75, 3.05) is 6.61 Å². The highest BCUT2D eigenvalue weighted by Crippen LogP contribution is 2.33. The standard InChI is InChI=1S/C6H8O2/c7-5-2-1-4-3-8-6(4)5/h4,6H,1-3H2/t4?,6-/m1/s1. The molecule has 8 heavy (non-hydrogen) atoms. The van der Waals surface area contributed by atoms with Crippen molar-refractivity contribution in [2.45, 2.75) is 18.9 Å². The van der Waals surface area contributed by atoms with Crippen LogP contribution in [0, 0.1) is 5.92 Å². The van der Waals surface area contributed by atoms with E-state index in [1.807, 2.05) is 0 Å². The Hall–Kier alpha value is -0.370. The molecule has 0 spiro atoms. The van der Waals surface area contributed by atoms with Crippen molar-refractivity contribution < 1.29 is 9.53 Å². The van der Waals surface area contributed by atoms with Crippen LogP contribution >= 0.6 is 0 Å². The molecule has 0 amide bonds. The molecule has 1 saturated carbocycles. The van der Waals surface area contributed by atoms with E-state index in [4.69, 9.17) is 4.74 Å². The molecule has 0 aromatic carbocycles. The Kier molecular flexibility index (Phi) is 0.742. The zero-order valence-electron chi connectivity index (χ0n) is 4.59. The molecule has 0 aromatic heterocycles. The molecule has 1 aliphatic carbocycles. The lowest BCUT2D eigenvalue weighted by atomic mass is 10.0. The molecule has 0 N–H and O–H groups in total. The quantitative estimate of drug-likeness (QED) is 0.452. The van der Waals surface area contributed by atoms with E-state index in [1.165, 1.54) is 0 Å². The summed E-state index contributed by atoms with van der Waals surface area (Å²) < 4.78 is 5.02. The monoisotopic (exact) mass is 112 g/mol. The first-order valence-electron chi connectivity index (χ1n) is 3.02. The fraction of sp³-hybridized carbons (Fsp3) is 0.833. The zero-order chi connectivity index (χ0) is 5.56. The topological polar surface area (TPSA) is 26.3 Å². The average molecular weight is 112 g/mol. The molecule has 2 heteroatoms. The highest BCUT2D eigenvalue weighted by molar-refractivity contribution is 5.86. The van der Waals surface area contributed by atoms with Gasteiger partial charge in [-0.05, 0) is 6.42 Å². The molecule has 2 rings (SSSR count). The second-order valence-corrected chi connectivity index (χ2v) is 2.52. The highest BCUT2D eigenvalue weighted by Gasteiger charge is 2.42. The van der Waals surface area contributed by atoms with E-state index in [1.54, 1.807) is 0 Å². The number of Topliss-reactive ketones (excluding diaryl/α,β-unsaturated/α-hetero) is 1. The third-order valence-corrected chi connectivity index (χ3v) is 2.00. The van der Waals surface area contributed by atoms with E-state index in [2.05, 4.69) is 0 Å². The molecule has 0 aromatic rings. The number of carbonyl (C=O) groups excluding carboxylic acids is 1. The van der Waals surface area contributed by atoms with Gasteiger partial charge in [-0.1, -0.05) is 0 Å². The van der Waals surface area contributed by atoms with Crippen LogP contribution in [0.2, 0.25) is 0 Å². The van der Waals surface area contributed by atoms with Crippen LogP contribution in [-0.2, 0) is 9.53 Å². The minimum Gasteiger partial charge on any atom is -0.370 e. The van der Waals surface area contributed by atoms with Crippen LogP contribution in [0.4, 0.5) is 0 Å². The number of carbonyl (C=O) groups is 1. The SMILES string of the molecule is O=C1CCC2CO[C@@H]12. The summed E-state index contributed by atoms with van der Waals surface area (Å²) in [5.41, 5.74) is 0. The first-order chi connectivity index (χ1) is 3.88. The van der Waals surface area contributed by atoms with Crippen LogP contribution in [-0.4, -0.2) is 18.5 Å². The first-order valence-corrected chi connectivity index (χ1v) is 3.02. The van der Waals surface area contributed by atoms with Crippen LogP contribution in [0.15, 0.2) is 0 Å². The molecule has 44 valence electrons. The minimum absolute atomic E-state index is 0.0231.